The largest absolute Gasteiger partial charge is 0.366 e. The number of Topliss-reactive ketones (excluding diaryl/α,β-unsaturated/α-hetero) is 1. The molecule has 0 radical (unpaired) electrons. The third-order valence-electron chi connectivity index (χ3n) is 3.99. The molecule has 21 heavy (non-hydrogen) atoms. The topological polar surface area (TPSA) is 65.1 Å². The number of aromatic nitrogens is 1. The predicted molar refractivity (Wildman–Crippen MR) is 80.7 cm³/mol. The van der Waals surface area contributed by atoms with Gasteiger partial charge in [-0.1, -0.05) is 19.9 Å². The standard InChI is InChI=1S/C17H18N2O2/c1-17(2)9-14-13(15(20)10-17)6-7-19(14)12-5-3-4-11(8-12)16(18)21/h3-8H,9-10H2,1-2H3,(H2,18,21). The Hall–Kier alpha value is -2.36. The SMILES string of the molecule is CC1(C)CC(=O)c2ccn(-c3cccc(C(N)=O)c3)c2C1. The fraction of sp³-hybridized carbons (Fsp3) is 0.294. The van der Waals surface area contributed by atoms with Crippen LogP contribution in [0.3, 0.4) is 0 Å². The van der Waals surface area contributed by atoms with Crippen LogP contribution in [-0.2, 0) is 6.42 Å². The van der Waals surface area contributed by atoms with Crippen LogP contribution in [0.2, 0.25) is 0 Å². The van der Waals surface area contributed by atoms with Crippen LogP contribution >= 0.6 is 0 Å². The molecule has 1 aliphatic rings. The Bertz CT molecular complexity index is 741. The van der Waals surface area contributed by atoms with E-state index in [1.807, 2.05) is 22.9 Å². The molecule has 0 spiro atoms. The van der Waals surface area contributed by atoms with Crippen molar-refractivity contribution in [3.8, 4) is 5.69 Å². The zero-order valence-electron chi connectivity index (χ0n) is 12.2. The second kappa shape index (κ2) is 4.58. The van der Waals surface area contributed by atoms with Crippen LogP contribution in [0.1, 0.15) is 46.7 Å². The highest BCUT2D eigenvalue weighted by molar-refractivity contribution is 5.99. The summed E-state index contributed by atoms with van der Waals surface area (Å²) in [5.41, 5.74) is 8.43. The first-order valence-corrected chi connectivity index (χ1v) is 7.01. The molecule has 0 aliphatic heterocycles. The molecule has 1 heterocycles. The summed E-state index contributed by atoms with van der Waals surface area (Å²) in [5.74, 6) is -0.264. The van der Waals surface area contributed by atoms with Gasteiger partial charge in [-0.25, -0.2) is 0 Å². The van der Waals surface area contributed by atoms with Gasteiger partial charge in [0.2, 0.25) is 5.91 Å². The Kier molecular flexibility index (Phi) is 2.97. The lowest BCUT2D eigenvalue weighted by Crippen LogP contribution is -2.27. The molecule has 0 saturated heterocycles. The Morgan fingerprint density at radius 3 is 2.71 bits per heavy atom. The lowest BCUT2D eigenvalue weighted by molar-refractivity contribution is 0.0910. The van der Waals surface area contributed by atoms with Crippen molar-refractivity contribution in [2.45, 2.75) is 26.7 Å². The smallest absolute Gasteiger partial charge is 0.248 e. The highest BCUT2D eigenvalue weighted by Crippen LogP contribution is 2.36. The first-order valence-electron chi connectivity index (χ1n) is 7.01. The molecule has 0 bridgehead atoms. The summed E-state index contributed by atoms with van der Waals surface area (Å²) < 4.78 is 1.99. The van der Waals surface area contributed by atoms with Crippen LogP contribution < -0.4 is 5.73 Å². The maximum absolute atomic E-state index is 12.2. The van der Waals surface area contributed by atoms with Gasteiger partial charge in [0.25, 0.3) is 0 Å². The minimum atomic E-state index is -0.450. The van der Waals surface area contributed by atoms with Crippen LogP contribution in [0.25, 0.3) is 5.69 Å². The van der Waals surface area contributed by atoms with Crippen molar-refractivity contribution < 1.29 is 9.59 Å². The molecule has 1 aliphatic carbocycles. The number of ketones is 1. The predicted octanol–water partition coefficient (Wildman–Crippen LogP) is 2.73. The number of carbonyl (C=O) groups is 2. The molecular weight excluding hydrogens is 264 g/mol. The van der Waals surface area contributed by atoms with E-state index < -0.39 is 5.91 Å². The molecule has 1 amide bonds. The summed E-state index contributed by atoms with van der Waals surface area (Å²) in [6, 6.07) is 9.03. The van der Waals surface area contributed by atoms with Crippen LogP contribution in [0.5, 0.6) is 0 Å². The van der Waals surface area contributed by atoms with Gasteiger partial charge in [0.1, 0.15) is 0 Å². The van der Waals surface area contributed by atoms with Gasteiger partial charge >= 0.3 is 0 Å². The van der Waals surface area contributed by atoms with Gasteiger partial charge < -0.3 is 10.3 Å². The fourth-order valence-electron chi connectivity index (χ4n) is 3.00. The second-order valence-electron chi connectivity index (χ2n) is 6.40. The van der Waals surface area contributed by atoms with Gasteiger partial charge in [-0.15, -0.1) is 0 Å². The number of fused-ring (bicyclic) bond motifs is 1. The van der Waals surface area contributed by atoms with E-state index in [2.05, 4.69) is 13.8 Å². The van der Waals surface area contributed by atoms with Crippen molar-refractivity contribution >= 4 is 11.7 Å². The van der Waals surface area contributed by atoms with E-state index in [9.17, 15) is 9.59 Å². The van der Waals surface area contributed by atoms with Crippen molar-refractivity contribution in [2.24, 2.45) is 11.1 Å². The minimum absolute atomic E-state index is 0.0402. The number of primary amides is 1. The van der Waals surface area contributed by atoms with Gasteiger partial charge in [-0.3, -0.25) is 9.59 Å². The molecule has 4 nitrogen and oxygen atoms in total. The Labute approximate surface area is 123 Å². The van der Waals surface area contributed by atoms with E-state index >= 15 is 0 Å². The number of nitrogens with zero attached hydrogens (tertiary/aromatic N) is 1. The first kappa shape index (κ1) is 13.6. The van der Waals surface area contributed by atoms with Crippen molar-refractivity contribution in [1.82, 2.24) is 4.57 Å². The van der Waals surface area contributed by atoms with Crippen molar-refractivity contribution in [3.05, 3.63) is 53.3 Å². The summed E-state index contributed by atoms with van der Waals surface area (Å²) in [6.45, 7) is 4.20. The zero-order valence-corrected chi connectivity index (χ0v) is 12.2. The molecule has 0 unspecified atom stereocenters. The maximum Gasteiger partial charge on any atom is 0.248 e. The lowest BCUT2D eigenvalue weighted by Gasteiger charge is -2.29. The average Bonchev–Trinajstić information content (AvgIpc) is 2.81. The van der Waals surface area contributed by atoms with Crippen LogP contribution in [0.4, 0.5) is 0 Å². The Balaban J connectivity index is 2.12. The molecule has 0 saturated carbocycles. The zero-order chi connectivity index (χ0) is 15.2. The molecule has 4 heteroatoms. The van der Waals surface area contributed by atoms with E-state index in [4.69, 9.17) is 5.73 Å². The molecule has 0 atom stereocenters. The van der Waals surface area contributed by atoms with Gasteiger partial charge in [-0.2, -0.15) is 0 Å². The van der Waals surface area contributed by atoms with Crippen LogP contribution in [0.15, 0.2) is 36.5 Å². The molecule has 1 aromatic carbocycles. The van der Waals surface area contributed by atoms with E-state index in [1.54, 1.807) is 18.2 Å². The van der Waals surface area contributed by atoms with Gasteiger partial charge in [0, 0.05) is 35.1 Å². The molecule has 2 aromatic rings. The number of hydrogen-bond acceptors (Lipinski definition) is 2. The maximum atomic E-state index is 12.2. The van der Waals surface area contributed by atoms with Gasteiger partial charge in [-0.05, 0) is 36.1 Å². The normalized spacial score (nSPS) is 16.6. The quantitative estimate of drug-likeness (QED) is 0.920. The van der Waals surface area contributed by atoms with Gasteiger partial charge in [0.05, 0.1) is 0 Å². The van der Waals surface area contributed by atoms with E-state index in [0.717, 1.165) is 23.4 Å². The molecular formula is C17H18N2O2. The third kappa shape index (κ3) is 2.37. The lowest BCUT2D eigenvalue weighted by atomic mass is 9.76. The summed E-state index contributed by atoms with van der Waals surface area (Å²) >= 11 is 0. The molecule has 3 rings (SSSR count). The monoisotopic (exact) mass is 282 g/mol. The number of benzene rings is 1. The molecule has 108 valence electrons. The van der Waals surface area contributed by atoms with E-state index in [-0.39, 0.29) is 11.2 Å². The number of carbonyl (C=O) groups excluding carboxylic acids is 2. The summed E-state index contributed by atoms with van der Waals surface area (Å²) in [6.07, 6.45) is 3.30. The number of amides is 1. The van der Waals surface area contributed by atoms with Crippen LogP contribution in [-0.4, -0.2) is 16.3 Å². The molecule has 1 aromatic heterocycles. The number of rotatable bonds is 2. The van der Waals surface area contributed by atoms with Gasteiger partial charge in [0.15, 0.2) is 5.78 Å². The Morgan fingerprint density at radius 2 is 2.00 bits per heavy atom. The van der Waals surface area contributed by atoms with Crippen LogP contribution in [0, 0.1) is 5.41 Å². The van der Waals surface area contributed by atoms with Crippen molar-refractivity contribution in [3.63, 3.8) is 0 Å². The summed E-state index contributed by atoms with van der Waals surface area (Å²) in [4.78, 5) is 23.6. The summed E-state index contributed by atoms with van der Waals surface area (Å²) in [5, 5.41) is 0. The average molecular weight is 282 g/mol. The minimum Gasteiger partial charge on any atom is -0.366 e. The second-order valence-corrected chi connectivity index (χ2v) is 6.40. The molecule has 0 fully saturated rings. The van der Waals surface area contributed by atoms with E-state index in [1.165, 1.54) is 0 Å². The Morgan fingerprint density at radius 1 is 1.24 bits per heavy atom. The highest BCUT2D eigenvalue weighted by Gasteiger charge is 2.33. The summed E-state index contributed by atoms with van der Waals surface area (Å²) in [7, 11) is 0. The highest BCUT2D eigenvalue weighted by atomic mass is 16.1. The van der Waals surface area contributed by atoms with Crippen molar-refractivity contribution in [1.29, 1.82) is 0 Å². The fourth-order valence-corrected chi connectivity index (χ4v) is 3.00. The first-order chi connectivity index (χ1) is 9.87. The van der Waals surface area contributed by atoms with Crippen molar-refractivity contribution in [2.75, 3.05) is 0 Å². The number of hydrogen-bond donors (Lipinski definition) is 1. The van der Waals surface area contributed by atoms with E-state index in [0.29, 0.717) is 12.0 Å². The third-order valence-corrected chi connectivity index (χ3v) is 3.99. The number of nitrogens with two attached hydrogens (primary N) is 1. The molecule has 2 N–H and O–H groups in total.